The molecule has 1 amide bonds. The Morgan fingerprint density at radius 3 is 2.81 bits per heavy atom. The zero-order valence-electron chi connectivity index (χ0n) is 9.29. The topological polar surface area (TPSA) is 60.5 Å². The molecule has 1 aromatic rings. The van der Waals surface area contributed by atoms with Crippen molar-refractivity contribution < 1.29 is 14.3 Å². The Kier molecular flexibility index (Phi) is 4.61. The van der Waals surface area contributed by atoms with Crippen molar-refractivity contribution >= 4 is 17.4 Å². The van der Waals surface area contributed by atoms with Crippen LogP contribution < -0.4 is 14.8 Å². The zero-order valence-corrected chi connectivity index (χ0v) is 10.1. The van der Waals surface area contributed by atoms with Gasteiger partial charge in [-0.2, -0.15) is 4.37 Å². The molecule has 0 unspecified atom stereocenters. The van der Waals surface area contributed by atoms with E-state index in [0.717, 1.165) is 5.56 Å². The van der Waals surface area contributed by atoms with Gasteiger partial charge in [-0.3, -0.25) is 4.79 Å². The predicted molar refractivity (Wildman–Crippen MR) is 60.5 cm³/mol. The highest BCUT2D eigenvalue weighted by molar-refractivity contribution is 7.08. The fourth-order valence-corrected chi connectivity index (χ4v) is 1.77. The van der Waals surface area contributed by atoms with Crippen molar-refractivity contribution in [1.29, 1.82) is 0 Å². The van der Waals surface area contributed by atoms with Gasteiger partial charge in [0.1, 0.15) is 0 Å². The van der Waals surface area contributed by atoms with Crippen LogP contribution in [0.3, 0.4) is 0 Å². The van der Waals surface area contributed by atoms with Gasteiger partial charge in [0.2, 0.25) is 10.9 Å². The van der Waals surface area contributed by atoms with Gasteiger partial charge in [-0.15, -0.1) is 0 Å². The first-order chi connectivity index (χ1) is 7.72. The van der Waals surface area contributed by atoms with Gasteiger partial charge in [0.05, 0.1) is 26.3 Å². The summed E-state index contributed by atoms with van der Waals surface area (Å²) in [5, 5.41) is 3.26. The quantitative estimate of drug-likeness (QED) is 0.791. The van der Waals surface area contributed by atoms with Crippen molar-refractivity contribution in [2.24, 2.45) is 0 Å². The SMILES string of the molecule is CC#CC(=O)NCc1c(OC)nsc1OC. The first-order valence-corrected chi connectivity index (χ1v) is 5.27. The monoisotopic (exact) mass is 240 g/mol. The van der Waals surface area contributed by atoms with Gasteiger partial charge >= 0.3 is 0 Å². The molecule has 0 aliphatic rings. The molecule has 1 aromatic heterocycles. The van der Waals surface area contributed by atoms with Crippen LogP contribution >= 0.6 is 11.5 Å². The van der Waals surface area contributed by atoms with Gasteiger partial charge in [-0.05, 0) is 12.8 Å². The summed E-state index contributed by atoms with van der Waals surface area (Å²) < 4.78 is 14.2. The van der Waals surface area contributed by atoms with E-state index in [1.54, 1.807) is 14.0 Å². The third-order valence-corrected chi connectivity index (χ3v) is 2.60. The predicted octanol–water partition coefficient (Wildman–Crippen LogP) is 0.800. The van der Waals surface area contributed by atoms with E-state index in [4.69, 9.17) is 9.47 Å². The molecule has 5 nitrogen and oxygen atoms in total. The Bertz CT molecular complexity index is 410. The smallest absolute Gasteiger partial charge is 0.296 e. The molecule has 6 heteroatoms. The van der Waals surface area contributed by atoms with Gasteiger partial charge in [0, 0.05) is 11.5 Å². The van der Waals surface area contributed by atoms with Crippen LogP contribution in [-0.2, 0) is 11.3 Å². The number of carbonyl (C=O) groups is 1. The van der Waals surface area contributed by atoms with E-state index in [2.05, 4.69) is 21.5 Å². The van der Waals surface area contributed by atoms with E-state index >= 15 is 0 Å². The van der Waals surface area contributed by atoms with E-state index in [1.807, 2.05) is 0 Å². The standard InChI is InChI=1S/C10H12N2O3S/c1-4-5-8(13)11-6-7-9(14-2)12-16-10(7)15-3/h6H2,1-3H3,(H,11,13). The molecule has 0 saturated carbocycles. The average molecular weight is 240 g/mol. The third kappa shape index (κ3) is 2.87. The Morgan fingerprint density at radius 1 is 1.50 bits per heavy atom. The Hall–Kier alpha value is -1.74. The molecule has 1 heterocycles. The van der Waals surface area contributed by atoms with Crippen molar-refractivity contribution in [2.75, 3.05) is 14.2 Å². The second-order valence-corrected chi connectivity index (χ2v) is 3.46. The van der Waals surface area contributed by atoms with Crippen molar-refractivity contribution in [3.8, 4) is 22.8 Å². The van der Waals surface area contributed by atoms with Crippen molar-refractivity contribution in [3.05, 3.63) is 5.56 Å². The summed E-state index contributed by atoms with van der Waals surface area (Å²) in [6.45, 7) is 1.89. The van der Waals surface area contributed by atoms with E-state index in [-0.39, 0.29) is 12.5 Å². The number of nitrogens with zero attached hydrogens (tertiary/aromatic N) is 1. The molecular weight excluding hydrogens is 228 g/mol. The molecule has 86 valence electrons. The number of carbonyl (C=O) groups excluding carboxylic acids is 1. The number of amides is 1. The lowest BCUT2D eigenvalue weighted by molar-refractivity contribution is -0.115. The summed E-state index contributed by atoms with van der Waals surface area (Å²) >= 11 is 1.18. The lowest BCUT2D eigenvalue weighted by atomic mass is 10.3. The number of hydrogen-bond acceptors (Lipinski definition) is 5. The summed E-state index contributed by atoms with van der Waals surface area (Å²) in [6.07, 6.45) is 0. The fourth-order valence-electron chi connectivity index (χ4n) is 1.08. The molecule has 0 spiro atoms. The van der Waals surface area contributed by atoms with Crippen LogP contribution in [0.1, 0.15) is 12.5 Å². The molecule has 1 rings (SSSR count). The molecule has 0 saturated heterocycles. The van der Waals surface area contributed by atoms with Crippen molar-refractivity contribution in [2.45, 2.75) is 13.5 Å². The van der Waals surface area contributed by atoms with E-state index < -0.39 is 0 Å². The van der Waals surface area contributed by atoms with Crippen molar-refractivity contribution in [3.63, 3.8) is 0 Å². The van der Waals surface area contributed by atoms with Gasteiger partial charge in [0.25, 0.3) is 5.91 Å². The summed E-state index contributed by atoms with van der Waals surface area (Å²) in [4.78, 5) is 11.2. The number of methoxy groups -OCH3 is 2. The Labute approximate surface area is 97.9 Å². The van der Waals surface area contributed by atoms with Crippen LogP contribution in [0.5, 0.6) is 10.9 Å². The minimum Gasteiger partial charge on any atom is -0.486 e. The molecule has 0 fully saturated rings. The molecule has 0 aliphatic heterocycles. The van der Waals surface area contributed by atoms with E-state index in [1.165, 1.54) is 18.6 Å². The fraction of sp³-hybridized carbons (Fsp3) is 0.400. The van der Waals surface area contributed by atoms with Crippen molar-refractivity contribution in [1.82, 2.24) is 9.69 Å². The number of ether oxygens (including phenoxy) is 2. The number of aromatic nitrogens is 1. The Balaban J connectivity index is 2.73. The minimum absolute atomic E-state index is 0.288. The number of rotatable bonds is 4. The maximum absolute atomic E-state index is 11.2. The Morgan fingerprint density at radius 2 is 2.25 bits per heavy atom. The highest BCUT2D eigenvalue weighted by atomic mass is 32.1. The lowest BCUT2D eigenvalue weighted by Gasteiger charge is -2.03. The van der Waals surface area contributed by atoms with Crippen LogP contribution in [0.15, 0.2) is 0 Å². The maximum Gasteiger partial charge on any atom is 0.296 e. The average Bonchev–Trinajstić information content (AvgIpc) is 2.68. The molecule has 0 aromatic carbocycles. The van der Waals surface area contributed by atoms with E-state index in [9.17, 15) is 4.79 Å². The molecule has 0 bridgehead atoms. The highest BCUT2D eigenvalue weighted by Gasteiger charge is 2.15. The van der Waals surface area contributed by atoms with Gasteiger partial charge in [-0.1, -0.05) is 5.92 Å². The van der Waals surface area contributed by atoms with E-state index in [0.29, 0.717) is 10.9 Å². The molecule has 0 radical (unpaired) electrons. The summed E-state index contributed by atoms with van der Waals surface area (Å²) in [7, 11) is 3.07. The first kappa shape index (κ1) is 12.3. The third-order valence-electron chi connectivity index (χ3n) is 1.76. The highest BCUT2D eigenvalue weighted by Crippen LogP contribution is 2.31. The van der Waals surface area contributed by atoms with Gasteiger partial charge in [0.15, 0.2) is 0 Å². The summed E-state index contributed by atoms with van der Waals surface area (Å²) in [5.41, 5.74) is 0.723. The van der Waals surface area contributed by atoms with Gasteiger partial charge in [-0.25, -0.2) is 0 Å². The van der Waals surface area contributed by atoms with Crippen LogP contribution in [0, 0.1) is 11.8 Å². The maximum atomic E-state index is 11.2. The lowest BCUT2D eigenvalue weighted by Crippen LogP contribution is -2.21. The molecular formula is C10H12N2O3S. The van der Waals surface area contributed by atoms with Crippen LogP contribution in [0.2, 0.25) is 0 Å². The second kappa shape index (κ2) is 5.98. The summed E-state index contributed by atoms with van der Waals surface area (Å²) in [5.74, 6) is 5.03. The van der Waals surface area contributed by atoms with Crippen LogP contribution in [0.25, 0.3) is 0 Å². The molecule has 0 aliphatic carbocycles. The van der Waals surface area contributed by atoms with Crippen LogP contribution in [0.4, 0.5) is 0 Å². The largest absolute Gasteiger partial charge is 0.486 e. The number of hydrogen-bond donors (Lipinski definition) is 1. The first-order valence-electron chi connectivity index (χ1n) is 4.50. The molecule has 0 atom stereocenters. The summed E-state index contributed by atoms with van der Waals surface area (Å²) in [6, 6.07) is 0. The number of nitrogens with one attached hydrogen (secondary N) is 1. The zero-order chi connectivity index (χ0) is 12.0. The second-order valence-electron chi connectivity index (χ2n) is 2.72. The molecule has 1 N–H and O–H groups in total. The van der Waals surface area contributed by atoms with Crippen LogP contribution in [-0.4, -0.2) is 24.5 Å². The normalized spacial score (nSPS) is 8.94. The minimum atomic E-state index is -0.335. The molecule has 16 heavy (non-hydrogen) atoms. The van der Waals surface area contributed by atoms with Gasteiger partial charge < -0.3 is 14.8 Å².